The molecule has 2 aromatic rings. The molecule has 124 valence electrons. The van der Waals surface area contributed by atoms with Gasteiger partial charge in [-0.05, 0) is 41.8 Å². The number of halogens is 3. The quantitative estimate of drug-likeness (QED) is 0.566. The van der Waals surface area contributed by atoms with E-state index in [0.717, 1.165) is 0 Å². The minimum absolute atomic E-state index is 0.0636. The summed E-state index contributed by atoms with van der Waals surface area (Å²) in [7, 11) is 0. The molecule has 1 aliphatic rings. The van der Waals surface area contributed by atoms with Crippen molar-refractivity contribution in [2.75, 3.05) is 0 Å². The molecule has 2 amide bonds. The van der Waals surface area contributed by atoms with Gasteiger partial charge in [-0.2, -0.15) is 0 Å². The molecule has 3 nitrogen and oxygen atoms in total. The number of imide groups is 1. The van der Waals surface area contributed by atoms with E-state index in [2.05, 4.69) is 0 Å². The molecule has 24 heavy (non-hydrogen) atoms. The normalized spacial score (nSPS) is 14.9. The van der Waals surface area contributed by atoms with Crippen LogP contribution in [0.4, 0.5) is 4.39 Å². The summed E-state index contributed by atoms with van der Waals surface area (Å²) in [6.45, 7) is 1.82. The van der Waals surface area contributed by atoms with Crippen molar-refractivity contribution in [3.8, 4) is 0 Å². The highest BCUT2D eigenvalue weighted by Crippen LogP contribution is 2.37. The molecule has 0 unspecified atom stereocenters. The summed E-state index contributed by atoms with van der Waals surface area (Å²) in [4.78, 5) is 26.6. The lowest BCUT2D eigenvalue weighted by molar-refractivity contribution is 0.0577. The summed E-state index contributed by atoms with van der Waals surface area (Å²) in [6, 6.07) is 8.49. The largest absolute Gasteiger partial charge is 0.269 e. The van der Waals surface area contributed by atoms with Crippen LogP contribution in [0.5, 0.6) is 0 Å². The van der Waals surface area contributed by atoms with Gasteiger partial charge in [0, 0.05) is 10.9 Å². The summed E-state index contributed by atoms with van der Waals surface area (Å²) in [6.07, 6.45) is 0.426. The number of fused-ring (bicyclic) bond motifs is 1. The topological polar surface area (TPSA) is 37.4 Å². The highest BCUT2D eigenvalue weighted by Gasteiger charge is 2.40. The molecule has 0 radical (unpaired) electrons. The Morgan fingerprint density at radius 2 is 1.71 bits per heavy atom. The number of nitrogens with zero attached hydrogens (tertiary/aromatic N) is 1. The maximum atomic E-state index is 13.9. The molecular formula is C18H14Cl2FNO2. The molecule has 3 rings (SSSR count). The Kier molecular flexibility index (Phi) is 4.61. The van der Waals surface area contributed by atoms with Gasteiger partial charge in [-0.15, -0.1) is 11.6 Å². The van der Waals surface area contributed by atoms with Crippen LogP contribution >= 0.6 is 23.2 Å². The molecule has 0 bridgehead atoms. The van der Waals surface area contributed by atoms with Crippen molar-refractivity contribution < 1.29 is 14.0 Å². The lowest BCUT2D eigenvalue weighted by Crippen LogP contribution is -2.34. The lowest BCUT2D eigenvalue weighted by atomic mass is 9.97. The lowest BCUT2D eigenvalue weighted by Gasteiger charge is -2.27. The molecule has 1 atom stereocenters. The third-order valence-electron chi connectivity index (χ3n) is 4.21. The Bertz CT molecular complexity index is 803. The zero-order valence-electron chi connectivity index (χ0n) is 12.9. The van der Waals surface area contributed by atoms with Crippen LogP contribution in [0.15, 0.2) is 36.4 Å². The minimum Gasteiger partial charge on any atom is -0.269 e. The fourth-order valence-electron chi connectivity index (χ4n) is 3.09. The Labute approximate surface area is 149 Å². The molecule has 2 aromatic carbocycles. The molecule has 0 spiro atoms. The van der Waals surface area contributed by atoms with E-state index in [1.54, 1.807) is 24.3 Å². The van der Waals surface area contributed by atoms with Crippen molar-refractivity contribution in [1.29, 1.82) is 0 Å². The molecule has 0 N–H and O–H groups in total. The zero-order valence-corrected chi connectivity index (χ0v) is 14.4. The van der Waals surface area contributed by atoms with Gasteiger partial charge in [0.15, 0.2) is 0 Å². The first kappa shape index (κ1) is 16.9. The van der Waals surface area contributed by atoms with Crippen molar-refractivity contribution in [3.63, 3.8) is 0 Å². The molecule has 0 aromatic heterocycles. The second kappa shape index (κ2) is 6.54. The monoisotopic (exact) mass is 365 g/mol. The van der Waals surface area contributed by atoms with Gasteiger partial charge in [-0.1, -0.05) is 30.7 Å². The van der Waals surface area contributed by atoms with Gasteiger partial charge < -0.3 is 0 Å². The zero-order chi connectivity index (χ0) is 17.4. The minimum atomic E-state index is -0.626. The van der Waals surface area contributed by atoms with Gasteiger partial charge in [0.2, 0.25) is 0 Å². The van der Waals surface area contributed by atoms with E-state index in [1.165, 1.54) is 17.0 Å². The number of hydrogen-bond donors (Lipinski definition) is 0. The van der Waals surface area contributed by atoms with Gasteiger partial charge in [0.05, 0.1) is 17.2 Å². The molecule has 0 saturated heterocycles. The standard InChI is InChI=1S/C18H14Cl2FNO2/c1-2-16(13-7-10(21)8-15(20)14(13)9-19)22-17(23)11-5-3-4-6-12(11)18(22)24/h3-8,16H,2,9H2,1H3/t16-/m0/s1. The van der Waals surface area contributed by atoms with Crippen LogP contribution in [0.25, 0.3) is 0 Å². The number of amides is 2. The average molecular weight is 366 g/mol. The molecule has 1 aliphatic heterocycles. The third kappa shape index (κ3) is 2.60. The summed E-state index contributed by atoms with van der Waals surface area (Å²) < 4.78 is 13.9. The Morgan fingerprint density at radius 3 is 2.21 bits per heavy atom. The smallest absolute Gasteiger partial charge is 0.262 e. The third-order valence-corrected chi connectivity index (χ3v) is 4.82. The number of carbonyl (C=O) groups excluding carboxylic acids is 2. The second-order valence-electron chi connectivity index (χ2n) is 5.54. The van der Waals surface area contributed by atoms with Gasteiger partial charge in [0.1, 0.15) is 5.82 Å². The van der Waals surface area contributed by atoms with Crippen LogP contribution in [-0.4, -0.2) is 16.7 Å². The van der Waals surface area contributed by atoms with Crippen LogP contribution in [0, 0.1) is 5.82 Å². The van der Waals surface area contributed by atoms with E-state index in [0.29, 0.717) is 28.7 Å². The Morgan fingerprint density at radius 1 is 1.12 bits per heavy atom. The van der Waals surface area contributed by atoms with E-state index in [1.807, 2.05) is 6.92 Å². The number of hydrogen-bond acceptors (Lipinski definition) is 2. The summed E-state index contributed by atoms with van der Waals surface area (Å²) in [5, 5.41) is 0.190. The summed E-state index contributed by atoms with van der Waals surface area (Å²) in [5.41, 5.74) is 1.71. The highest BCUT2D eigenvalue weighted by molar-refractivity contribution is 6.32. The Hall–Kier alpha value is -1.91. The van der Waals surface area contributed by atoms with E-state index in [4.69, 9.17) is 23.2 Å². The molecule has 0 saturated carbocycles. The SMILES string of the molecule is CC[C@@H](c1cc(F)cc(Cl)c1CCl)N1C(=O)c2ccccc2C1=O. The second-order valence-corrected chi connectivity index (χ2v) is 6.21. The molecule has 0 aliphatic carbocycles. The molecule has 1 heterocycles. The van der Waals surface area contributed by atoms with Crippen LogP contribution in [0.3, 0.4) is 0 Å². The highest BCUT2D eigenvalue weighted by atomic mass is 35.5. The van der Waals surface area contributed by atoms with Crippen molar-refractivity contribution in [3.05, 3.63) is 69.5 Å². The molecule has 0 fully saturated rings. The first-order valence-corrected chi connectivity index (χ1v) is 8.41. The maximum absolute atomic E-state index is 13.9. The van der Waals surface area contributed by atoms with Gasteiger partial charge >= 0.3 is 0 Å². The maximum Gasteiger partial charge on any atom is 0.262 e. The van der Waals surface area contributed by atoms with E-state index in [-0.39, 0.29) is 22.7 Å². The fourth-order valence-corrected chi connectivity index (χ4v) is 3.74. The van der Waals surface area contributed by atoms with Crippen molar-refractivity contribution in [1.82, 2.24) is 4.90 Å². The van der Waals surface area contributed by atoms with E-state index >= 15 is 0 Å². The van der Waals surface area contributed by atoms with Crippen LogP contribution in [0.1, 0.15) is 51.2 Å². The van der Waals surface area contributed by atoms with Crippen LogP contribution < -0.4 is 0 Å². The van der Waals surface area contributed by atoms with Crippen molar-refractivity contribution >= 4 is 35.0 Å². The summed E-state index contributed by atoms with van der Waals surface area (Å²) in [5.74, 6) is -1.24. The van der Waals surface area contributed by atoms with E-state index in [9.17, 15) is 14.0 Å². The van der Waals surface area contributed by atoms with Crippen molar-refractivity contribution in [2.45, 2.75) is 25.3 Å². The number of benzene rings is 2. The predicted octanol–water partition coefficient (Wildman–Crippen LogP) is 4.97. The van der Waals surface area contributed by atoms with E-state index < -0.39 is 11.9 Å². The van der Waals surface area contributed by atoms with Crippen LogP contribution in [-0.2, 0) is 5.88 Å². The average Bonchev–Trinajstić information content (AvgIpc) is 2.81. The first-order valence-electron chi connectivity index (χ1n) is 7.50. The van der Waals surface area contributed by atoms with Gasteiger partial charge in [-0.25, -0.2) is 4.39 Å². The number of carbonyl (C=O) groups is 2. The molecule has 6 heteroatoms. The first-order chi connectivity index (χ1) is 11.5. The molecular weight excluding hydrogens is 352 g/mol. The van der Waals surface area contributed by atoms with Gasteiger partial charge in [0.25, 0.3) is 11.8 Å². The predicted molar refractivity (Wildman–Crippen MR) is 90.9 cm³/mol. The van der Waals surface area contributed by atoms with Gasteiger partial charge in [-0.3, -0.25) is 14.5 Å². The summed E-state index contributed by atoms with van der Waals surface area (Å²) >= 11 is 12.1. The number of alkyl halides is 1. The number of rotatable bonds is 4. The van der Waals surface area contributed by atoms with Crippen LogP contribution in [0.2, 0.25) is 5.02 Å². The fraction of sp³-hybridized carbons (Fsp3) is 0.222. The Balaban J connectivity index is 2.12. The van der Waals surface area contributed by atoms with Crippen molar-refractivity contribution in [2.24, 2.45) is 0 Å².